The minimum Gasteiger partial charge on any atom is -0.497 e. The molecule has 2 aromatic rings. The Balaban J connectivity index is 1.76. The van der Waals surface area contributed by atoms with E-state index in [2.05, 4.69) is 29.3 Å². The first-order chi connectivity index (χ1) is 13.4. The number of hydrogen-bond donors (Lipinski definition) is 0. The van der Waals surface area contributed by atoms with Crippen LogP contribution in [-0.4, -0.2) is 42.6 Å². The number of amides is 1. The molecular formula is C22H23N3O3. The number of methoxy groups -OCH3 is 1. The first-order valence-electron chi connectivity index (χ1n) is 9.23. The van der Waals surface area contributed by atoms with Crippen molar-refractivity contribution in [2.45, 2.75) is 26.9 Å². The number of carbonyl (C=O) groups excluding carboxylic acids is 1. The van der Waals surface area contributed by atoms with E-state index < -0.39 is 12.0 Å². The molecule has 2 atom stereocenters. The molecule has 0 fully saturated rings. The Bertz CT molecular complexity index is 985. The van der Waals surface area contributed by atoms with Gasteiger partial charge in [-0.25, -0.2) is 5.01 Å². The largest absolute Gasteiger partial charge is 0.497 e. The van der Waals surface area contributed by atoms with E-state index in [0.29, 0.717) is 11.4 Å². The third-order valence-electron chi connectivity index (χ3n) is 5.29. The third kappa shape index (κ3) is 2.85. The van der Waals surface area contributed by atoms with Gasteiger partial charge in [0, 0.05) is 18.2 Å². The molecule has 2 aliphatic heterocycles. The van der Waals surface area contributed by atoms with Crippen LogP contribution in [0.1, 0.15) is 27.8 Å². The number of carbonyl (C=O) groups is 1. The van der Waals surface area contributed by atoms with Crippen molar-refractivity contribution < 1.29 is 14.4 Å². The van der Waals surface area contributed by atoms with Crippen LogP contribution in [0.2, 0.25) is 0 Å². The van der Waals surface area contributed by atoms with Crippen molar-refractivity contribution in [2.75, 3.05) is 14.2 Å². The fraction of sp³-hybridized carbons (Fsp3) is 0.318. The van der Waals surface area contributed by atoms with Crippen LogP contribution in [0.25, 0.3) is 0 Å². The van der Waals surface area contributed by atoms with E-state index in [1.165, 1.54) is 10.6 Å². The summed E-state index contributed by atoms with van der Waals surface area (Å²) < 4.78 is 5.23. The highest BCUT2D eigenvalue weighted by Gasteiger charge is 2.48. The van der Waals surface area contributed by atoms with Crippen molar-refractivity contribution in [2.24, 2.45) is 16.2 Å². The Morgan fingerprint density at radius 2 is 1.68 bits per heavy atom. The van der Waals surface area contributed by atoms with E-state index in [0.717, 1.165) is 28.0 Å². The second-order valence-corrected chi connectivity index (χ2v) is 7.33. The lowest BCUT2D eigenvalue weighted by Crippen LogP contribution is -2.48. The van der Waals surface area contributed by atoms with Gasteiger partial charge >= 0.3 is 0 Å². The number of oxime groups is 1. The molecule has 0 aromatic heterocycles. The van der Waals surface area contributed by atoms with Gasteiger partial charge in [-0.05, 0) is 56.2 Å². The quantitative estimate of drug-likeness (QED) is 0.825. The molecule has 0 aliphatic carbocycles. The number of benzene rings is 2. The SMILES string of the molecule is COc1ccc(C2=NN(C)C(=O)C3C(c4c(C)cc(C)cc4C)=NOC23)cc1. The summed E-state index contributed by atoms with van der Waals surface area (Å²) in [6.07, 6.45) is -0.535. The van der Waals surface area contributed by atoms with E-state index >= 15 is 0 Å². The van der Waals surface area contributed by atoms with Crippen LogP contribution in [-0.2, 0) is 9.63 Å². The molecule has 0 spiro atoms. The predicted molar refractivity (Wildman–Crippen MR) is 108 cm³/mol. The van der Waals surface area contributed by atoms with Gasteiger partial charge in [0.1, 0.15) is 23.1 Å². The second kappa shape index (κ2) is 6.78. The molecule has 6 heteroatoms. The van der Waals surface area contributed by atoms with Crippen molar-refractivity contribution in [3.05, 3.63) is 64.2 Å². The average Bonchev–Trinajstić information content (AvgIpc) is 3.09. The molecule has 2 unspecified atom stereocenters. The highest BCUT2D eigenvalue weighted by Crippen LogP contribution is 2.34. The van der Waals surface area contributed by atoms with E-state index in [1.807, 2.05) is 38.1 Å². The first kappa shape index (κ1) is 18.2. The molecular weight excluding hydrogens is 354 g/mol. The molecule has 144 valence electrons. The molecule has 0 N–H and O–H groups in total. The van der Waals surface area contributed by atoms with Gasteiger partial charge in [-0.2, -0.15) is 5.10 Å². The number of ether oxygens (including phenoxy) is 1. The fourth-order valence-corrected chi connectivity index (χ4v) is 4.07. The van der Waals surface area contributed by atoms with E-state index in [-0.39, 0.29) is 5.91 Å². The molecule has 0 radical (unpaired) electrons. The van der Waals surface area contributed by atoms with E-state index in [1.54, 1.807) is 14.2 Å². The lowest BCUT2D eigenvalue weighted by atomic mass is 9.83. The number of fused-ring (bicyclic) bond motifs is 1. The zero-order valence-electron chi connectivity index (χ0n) is 16.7. The van der Waals surface area contributed by atoms with Gasteiger partial charge in [-0.15, -0.1) is 0 Å². The number of aryl methyl sites for hydroxylation is 3. The van der Waals surface area contributed by atoms with Crippen LogP contribution in [0.15, 0.2) is 46.7 Å². The Labute approximate surface area is 164 Å². The van der Waals surface area contributed by atoms with Crippen molar-refractivity contribution in [1.82, 2.24) is 5.01 Å². The number of hydrogen-bond acceptors (Lipinski definition) is 5. The zero-order chi connectivity index (χ0) is 20.0. The summed E-state index contributed by atoms with van der Waals surface area (Å²) in [6, 6.07) is 11.8. The van der Waals surface area contributed by atoms with Gasteiger partial charge in [-0.3, -0.25) is 4.79 Å². The van der Waals surface area contributed by atoms with Crippen LogP contribution < -0.4 is 4.74 Å². The van der Waals surface area contributed by atoms with Crippen LogP contribution in [0, 0.1) is 26.7 Å². The summed E-state index contributed by atoms with van der Waals surface area (Å²) in [5.41, 5.74) is 6.59. The molecule has 2 heterocycles. The summed E-state index contributed by atoms with van der Waals surface area (Å²) in [6.45, 7) is 6.15. The summed E-state index contributed by atoms with van der Waals surface area (Å²) in [5.74, 6) is 0.133. The van der Waals surface area contributed by atoms with Crippen molar-refractivity contribution >= 4 is 17.3 Å². The Morgan fingerprint density at radius 3 is 2.29 bits per heavy atom. The number of nitrogens with zero attached hydrogens (tertiary/aromatic N) is 3. The second-order valence-electron chi connectivity index (χ2n) is 7.33. The molecule has 4 rings (SSSR count). The van der Waals surface area contributed by atoms with Crippen molar-refractivity contribution in [3.63, 3.8) is 0 Å². The van der Waals surface area contributed by atoms with Crippen LogP contribution in [0.5, 0.6) is 5.75 Å². The summed E-state index contributed by atoms with van der Waals surface area (Å²) in [7, 11) is 3.30. The van der Waals surface area contributed by atoms with Gasteiger partial charge in [0.15, 0.2) is 6.10 Å². The third-order valence-corrected chi connectivity index (χ3v) is 5.29. The van der Waals surface area contributed by atoms with Gasteiger partial charge in [-0.1, -0.05) is 22.9 Å². The van der Waals surface area contributed by atoms with Crippen molar-refractivity contribution in [1.29, 1.82) is 0 Å². The summed E-state index contributed by atoms with van der Waals surface area (Å²) >= 11 is 0. The maximum Gasteiger partial charge on any atom is 0.256 e. The average molecular weight is 377 g/mol. The Hall–Kier alpha value is -3.15. The molecule has 28 heavy (non-hydrogen) atoms. The van der Waals surface area contributed by atoms with E-state index in [9.17, 15) is 4.79 Å². The Kier molecular flexibility index (Phi) is 4.41. The molecule has 6 nitrogen and oxygen atoms in total. The first-order valence-corrected chi connectivity index (χ1v) is 9.23. The van der Waals surface area contributed by atoms with Crippen LogP contribution in [0.4, 0.5) is 0 Å². The molecule has 2 aliphatic rings. The maximum atomic E-state index is 13.0. The number of rotatable bonds is 3. The van der Waals surface area contributed by atoms with Crippen molar-refractivity contribution in [3.8, 4) is 5.75 Å². The fourth-order valence-electron chi connectivity index (χ4n) is 4.07. The smallest absolute Gasteiger partial charge is 0.256 e. The molecule has 0 saturated heterocycles. The normalized spacial score (nSPS) is 21.0. The lowest BCUT2D eigenvalue weighted by molar-refractivity contribution is -0.134. The minimum absolute atomic E-state index is 0.113. The van der Waals surface area contributed by atoms with Gasteiger partial charge in [0.25, 0.3) is 5.91 Å². The summed E-state index contributed by atoms with van der Waals surface area (Å²) in [4.78, 5) is 18.8. The number of hydrazone groups is 1. The van der Waals surface area contributed by atoms with Crippen LogP contribution >= 0.6 is 0 Å². The van der Waals surface area contributed by atoms with Gasteiger partial charge < -0.3 is 9.57 Å². The molecule has 2 aromatic carbocycles. The topological polar surface area (TPSA) is 63.5 Å². The molecule has 0 saturated carbocycles. The minimum atomic E-state index is -0.535. The van der Waals surface area contributed by atoms with Gasteiger partial charge in [0.2, 0.25) is 0 Å². The predicted octanol–water partition coefficient (Wildman–Crippen LogP) is 3.22. The van der Waals surface area contributed by atoms with Crippen LogP contribution in [0.3, 0.4) is 0 Å². The highest BCUT2D eigenvalue weighted by molar-refractivity contribution is 6.21. The maximum absolute atomic E-state index is 13.0. The molecule has 0 bridgehead atoms. The Morgan fingerprint density at radius 1 is 1.04 bits per heavy atom. The highest BCUT2D eigenvalue weighted by atomic mass is 16.6. The zero-order valence-corrected chi connectivity index (χ0v) is 16.7. The monoisotopic (exact) mass is 377 g/mol. The summed E-state index contributed by atoms with van der Waals surface area (Å²) in [5, 5.41) is 10.2. The van der Waals surface area contributed by atoms with E-state index in [4.69, 9.17) is 9.57 Å². The standard InChI is InChI=1S/C22H23N3O3/c1-12-10-13(2)17(14(3)11-12)20-18-21(28-24-20)19(23-25(4)22(18)26)15-6-8-16(27-5)9-7-15/h6-11,18,21H,1-5H3. The lowest BCUT2D eigenvalue weighted by Gasteiger charge is -2.29. The van der Waals surface area contributed by atoms with Gasteiger partial charge in [0.05, 0.1) is 7.11 Å². The molecule has 1 amide bonds.